The van der Waals surface area contributed by atoms with E-state index in [0.29, 0.717) is 35.2 Å². The second-order valence-electron chi connectivity index (χ2n) is 6.74. The number of alkyl halides is 2. The molecule has 0 bridgehead atoms. The zero-order valence-electron chi connectivity index (χ0n) is 14.5. The minimum Gasteiger partial charge on any atom is -0.354 e. The Morgan fingerprint density at radius 3 is 2.28 bits per heavy atom. The molecule has 1 fully saturated rings. The van der Waals surface area contributed by atoms with E-state index in [4.69, 9.17) is 0 Å². The molecule has 7 heteroatoms. The van der Waals surface area contributed by atoms with Crippen LogP contribution in [0.5, 0.6) is 0 Å². The average Bonchev–Trinajstić information content (AvgIpc) is 2.97. The summed E-state index contributed by atoms with van der Waals surface area (Å²) in [6.07, 6.45) is 3.39. The lowest BCUT2D eigenvalue weighted by Gasteiger charge is -2.27. The Balaban J connectivity index is 2.04. The first-order valence-corrected chi connectivity index (χ1v) is 9.34. The van der Waals surface area contributed by atoms with Gasteiger partial charge in [0.05, 0.1) is 5.41 Å². The van der Waals surface area contributed by atoms with E-state index in [2.05, 4.69) is 10.6 Å². The van der Waals surface area contributed by atoms with Crippen LogP contribution in [-0.4, -0.2) is 23.6 Å². The molecule has 0 spiro atoms. The van der Waals surface area contributed by atoms with Gasteiger partial charge in [0.1, 0.15) is 0 Å². The molecule has 2 N–H and O–H groups in total. The van der Waals surface area contributed by atoms with Crippen LogP contribution in [0, 0.1) is 5.41 Å². The van der Waals surface area contributed by atoms with Gasteiger partial charge in [-0.25, -0.2) is 0 Å². The molecule has 1 aromatic rings. The Morgan fingerprint density at radius 2 is 1.76 bits per heavy atom. The number of carbonyl (C=O) groups excluding carboxylic acids is 2. The molecule has 1 saturated carbocycles. The van der Waals surface area contributed by atoms with Crippen LogP contribution in [0.2, 0.25) is 0 Å². The van der Waals surface area contributed by atoms with E-state index in [0.717, 1.165) is 12.8 Å². The summed E-state index contributed by atoms with van der Waals surface area (Å²) in [5.41, 5.74) is -0.130. The highest BCUT2D eigenvalue weighted by molar-refractivity contribution is 7.99. The molecule has 0 aliphatic heterocycles. The lowest BCUT2D eigenvalue weighted by atomic mass is 9.81. The third-order valence-corrected chi connectivity index (χ3v) is 5.05. The van der Waals surface area contributed by atoms with Gasteiger partial charge in [-0.2, -0.15) is 8.78 Å². The van der Waals surface area contributed by atoms with E-state index in [-0.39, 0.29) is 24.3 Å². The molecular weight excluding hydrogens is 346 g/mol. The number of carbonyl (C=O) groups is 2. The van der Waals surface area contributed by atoms with E-state index in [9.17, 15) is 18.4 Å². The second-order valence-corrected chi connectivity index (χ2v) is 7.81. The molecule has 138 valence electrons. The summed E-state index contributed by atoms with van der Waals surface area (Å²) >= 11 is 0.466. The van der Waals surface area contributed by atoms with Gasteiger partial charge >= 0.3 is 0 Å². The summed E-state index contributed by atoms with van der Waals surface area (Å²) in [5.74, 6) is -2.75. The Labute approximate surface area is 151 Å². The van der Waals surface area contributed by atoms with Crippen molar-refractivity contribution in [2.75, 3.05) is 5.32 Å². The summed E-state index contributed by atoms with van der Waals surface area (Å²) < 4.78 is 24.7. The molecule has 1 aliphatic carbocycles. The highest BCUT2D eigenvalue weighted by atomic mass is 32.2. The van der Waals surface area contributed by atoms with Crippen LogP contribution < -0.4 is 10.6 Å². The molecule has 0 atom stereocenters. The van der Waals surface area contributed by atoms with Crippen molar-refractivity contribution in [1.29, 1.82) is 0 Å². The lowest BCUT2D eigenvalue weighted by Crippen LogP contribution is -2.40. The molecule has 25 heavy (non-hydrogen) atoms. The molecular formula is C18H24F2N2O2S. The normalized spacial score (nSPS) is 16.2. The van der Waals surface area contributed by atoms with Gasteiger partial charge in [-0.15, -0.1) is 0 Å². The topological polar surface area (TPSA) is 58.2 Å². The van der Waals surface area contributed by atoms with Crippen LogP contribution in [0.15, 0.2) is 29.2 Å². The molecule has 0 radical (unpaired) electrons. The fraction of sp³-hybridized carbons (Fsp3) is 0.556. The van der Waals surface area contributed by atoms with E-state index in [1.165, 1.54) is 0 Å². The SMILES string of the molecule is CC(C)NC(=O)CC1(C(=O)Nc2ccc(SC(F)F)cc2)CCCC1. The van der Waals surface area contributed by atoms with Crippen molar-refractivity contribution in [2.45, 2.75) is 62.6 Å². The average molecular weight is 370 g/mol. The van der Waals surface area contributed by atoms with Gasteiger partial charge in [-0.1, -0.05) is 24.6 Å². The van der Waals surface area contributed by atoms with Crippen molar-refractivity contribution in [2.24, 2.45) is 5.41 Å². The summed E-state index contributed by atoms with van der Waals surface area (Å²) in [6, 6.07) is 6.37. The van der Waals surface area contributed by atoms with Crippen LogP contribution in [-0.2, 0) is 9.59 Å². The Kier molecular flexibility index (Phi) is 6.81. The number of amides is 2. The molecule has 0 unspecified atom stereocenters. The minimum absolute atomic E-state index is 0.0360. The second kappa shape index (κ2) is 8.65. The number of halogens is 2. The molecule has 1 aromatic carbocycles. The van der Waals surface area contributed by atoms with Crippen LogP contribution in [0.1, 0.15) is 46.0 Å². The molecule has 2 amide bonds. The predicted molar refractivity (Wildman–Crippen MR) is 95.7 cm³/mol. The van der Waals surface area contributed by atoms with Crippen LogP contribution in [0.3, 0.4) is 0 Å². The summed E-state index contributed by atoms with van der Waals surface area (Å²) in [6.45, 7) is 3.77. The Morgan fingerprint density at radius 1 is 1.16 bits per heavy atom. The van der Waals surface area contributed by atoms with Crippen molar-refractivity contribution < 1.29 is 18.4 Å². The first-order valence-electron chi connectivity index (χ1n) is 8.46. The molecule has 0 aromatic heterocycles. The van der Waals surface area contributed by atoms with Crippen LogP contribution in [0.25, 0.3) is 0 Å². The molecule has 1 aliphatic rings. The maximum atomic E-state index is 12.8. The monoisotopic (exact) mass is 370 g/mol. The van der Waals surface area contributed by atoms with Crippen molar-refractivity contribution in [3.63, 3.8) is 0 Å². The van der Waals surface area contributed by atoms with E-state index in [1.54, 1.807) is 24.3 Å². The fourth-order valence-electron chi connectivity index (χ4n) is 3.20. The van der Waals surface area contributed by atoms with Gasteiger partial charge in [0.25, 0.3) is 5.76 Å². The zero-order valence-corrected chi connectivity index (χ0v) is 15.3. The summed E-state index contributed by atoms with van der Waals surface area (Å²) in [7, 11) is 0. The first-order chi connectivity index (χ1) is 11.8. The largest absolute Gasteiger partial charge is 0.354 e. The van der Waals surface area contributed by atoms with Gasteiger partial charge in [0.2, 0.25) is 11.8 Å². The number of hydrogen-bond acceptors (Lipinski definition) is 3. The first kappa shape index (κ1) is 19.7. The van der Waals surface area contributed by atoms with E-state index >= 15 is 0 Å². The number of benzene rings is 1. The lowest BCUT2D eigenvalue weighted by molar-refractivity contribution is -0.132. The van der Waals surface area contributed by atoms with Crippen LogP contribution >= 0.6 is 11.8 Å². The quantitative estimate of drug-likeness (QED) is 0.699. The zero-order chi connectivity index (χ0) is 18.4. The van der Waals surface area contributed by atoms with E-state index in [1.807, 2.05) is 13.8 Å². The van der Waals surface area contributed by atoms with Gasteiger partial charge in [0.15, 0.2) is 0 Å². The standard InChI is InChI=1S/C18H24F2N2O2S/c1-12(2)21-15(23)11-18(9-3-4-10-18)16(24)22-13-5-7-14(8-6-13)25-17(19)20/h5-8,12,17H,3-4,9-11H2,1-2H3,(H,21,23)(H,22,24). The maximum Gasteiger partial charge on any atom is 0.288 e. The van der Waals surface area contributed by atoms with Crippen molar-refractivity contribution >= 4 is 29.3 Å². The number of nitrogens with one attached hydrogen (secondary N) is 2. The Hall–Kier alpha value is -1.63. The van der Waals surface area contributed by atoms with Gasteiger partial charge in [-0.3, -0.25) is 9.59 Å². The van der Waals surface area contributed by atoms with Gasteiger partial charge in [0, 0.05) is 23.0 Å². The highest BCUT2D eigenvalue weighted by Gasteiger charge is 2.42. The molecule has 4 nitrogen and oxygen atoms in total. The van der Waals surface area contributed by atoms with Crippen molar-refractivity contribution in [3.05, 3.63) is 24.3 Å². The van der Waals surface area contributed by atoms with Crippen molar-refractivity contribution in [3.8, 4) is 0 Å². The maximum absolute atomic E-state index is 12.8. The number of thioether (sulfide) groups is 1. The smallest absolute Gasteiger partial charge is 0.288 e. The fourth-order valence-corrected chi connectivity index (χ4v) is 3.70. The third-order valence-electron chi connectivity index (χ3n) is 4.33. The number of anilines is 1. The number of rotatable bonds is 7. The molecule has 0 saturated heterocycles. The van der Waals surface area contributed by atoms with Crippen molar-refractivity contribution in [1.82, 2.24) is 5.32 Å². The van der Waals surface area contributed by atoms with Crippen LogP contribution in [0.4, 0.5) is 14.5 Å². The predicted octanol–water partition coefficient (Wildman–Crippen LogP) is 4.41. The Bertz CT molecular complexity index is 600. The van der Waals surface area contributed by atoms with E-state index < -0.39 is 11.2 Å². The molecule has 2 rings (SSSR count). The summed E-state index contributed by atoms with van der Waals surface area (Å²) in [5, 5.41) is 5.69. The minimum atomic E-state index is -2.47. The summed E-state index contributed by atoms with van der Waals surface area (Å²) in [4.78, 5) is 25.4. The third kappa shape index (κ3) is 5.70. The molecule has 0 heterocycles. The number of hydrogen-bond donors (Lipinski definition) is 2. The van der Waals surface area contributed by atoms with Gasteiger partial charge < -0.3 is 10.6 Å². The van der Waals surface area contributed by atoms with Gasteiger partial charge in [-0.05, 0) is 51.0 Å². The highest BCUT2D eigenvalue weighted by Crippen LogP contribution is 2.42.